The molecule has 0 atom stereocenters. The summed E-state index contributed by atoms with van der Waals surface area (Å²) >= 11 is 0. The molecule has 0 unspecified atom stereocenters. The summed E-state index contributed by atoms with van der Waals surface area (Å²) in [5.41, 5.74) is 1.77. The predicted molar refractivity (Wildman–Crippen MR) is 82.8 cm³/mol. The number of nitrogens with one attached hydrogen (secondary N) is 1. The smallest absolute Gasteiger partial charge is 0.248 e. The highest BCUT2D eigenvalue weighted by atomic mass is 16.2. The van der Waals surface area contributed by atoms with E-state index in [-0.39, 0.29) is 11.8 Å². The molecule has 4 nitrogen and oxygen atoms in total. The van der Waals surface area contributed by atoms with Crippen LogP contribution in [0, 0.1) is 13.8 Å². The highest BCUT2D eigenvalue weighted by Crippen LogP contribution is 2.28. The Balaban J connectivity index is 2.36. The number of aryl methyl sites for hydroxylation is 2. The van der Waals surface area contributed by atoms with Gasteiger partial charge in [0, 0.05) is 6.54 Å². The molecule has 0 bridgehead atoms. The first-order valence-electron chi connectivity index (χ1n) is 7.26. The highest BCUT2D eigenvalue weighted by molar-refractivity contribution is 6.01. The van der Waals surface area contributed by atoms with Gasteiger partial charge in [-0.05, 0) is 58.2 Å². The van der Waals surface area contributed by atoms with Crippen molar-refractivity contribution in [3.8, 4) is 0 Å². The minimum absolute atomic E-state index is 0.0506. The number of amides is 2. The minimum atomic E-state index is -0.855. The molecule has 1 saturated heterocycles. The molecule has 1 aliphatic rings. The number of piperazine rings is 1. The van der Waals surface area contributed by atoms with Crippen LogP contribution in [-0.2, 0) is 16.1 Å². The molecule has 1 aromatic carbocycles. The molecule has 1 aromatic rings. The van der Waals surface area contributed by atoms with E-state index < -0.39 is 11.1 Å². The van der Waals surface area contributed by atoms with Crippen LogP contribution in [0.15, 0.2) is 18.2 Å². The second kappa shape index (κ2) is 4.86. The maximum Gasteiger partial charge on any atom is 0.248 e. The van der Waals surface area contributed by atoms with E-state index >= 15 is 0 Å². The van der Waals surface area contributed by atoms with Crippen molar-refractivity contribution in [3.05, 3.63) is 34.9 Å². The monoisotopic (exact) mass is 288 g/mol. The minimum Gasteiger partial charge on any atom is -0.340 e. The molecule has 1 heterocycles. The lowest BCUT2D eigenvalue weighted by atomic mass is 9.89. The third-order valence-corrected chi connectivity index (χ3v) is 4.35. The molecule has 1 fully saturated rings. The van der Waals surface area contributed by atoms with Crippen LogP contribution in [-0.4, -0.2) is 27.8 Å². The van der Waals surface area contributed by atoms with Gasteiger partial charge in [-0.2, -0.15) is 0 Å². The molecule has 21 heavy (non-hydrogen) atoms. The van der Waals surface area contributed by atoms with E-state index in [1.165, 1.54) is 11.1 Å². The van der Waals surface area contributed by atoms with Gasteiger partial charge in [0.15, 0.2) is 0 Å². The Morgan fingerprint density at radius 2 is 1.67 bits per heavy atom. The first kappa shape index (κ1) is 15.5. The van der Waals surface area contributed by atoms with Crippen LogP contribution in [0.3, 0.4) is 0 Å². The molecule has 0 spiro atoms. The molecule has 114 valence electrons. The van der Waals surface area contributed by atoms with E-state index in [9.17, 15) is 9.59 Å². The number of carbonyl (C=O) groups excluding carboxylic acids is 2. The van der Waals surface area contributed by atoms with E-state index in [0.29, 0.717) is 6.54 Å². The van der Waals surface area contributed by atoms with Crippen molar-refractivity contribution in [1.82, 2.24) is 10.2 Å². The van der Waals surface area contributed by atoms with Crippen LogP contribution in [0.4, 0.5) is 0 Å². The lowest BCUT2D eigenvalue weighted by Gasteiger charge is -2.47. The van der Waals surface area contributed by atoms with Crippen LogP contribution in [0.1, 0.15) is 44.4 Å². The van der Waals surface area contributed by atoms with Crippen LogP contribution in [0.25, 0.3) is 0 Å². The molecule has 1 N–H and O–H groups in total. The van der Waals surface area contributed by atoms with Gasteiger partial charge in [-0.1, -0.05) is 18.2 Å². The molecule has 0 radical (unpaired) electrons. The molecule has 4 heteroatoms. The summed E-state index contributed by atoms with van der Waals surface area (Å²) in [5, 5.41) is 2.80. The fourth-order valence-electron chi connectivity index (χ4n) is 2.56. The molecular formula is C17H24N2O2. The van der Waals surface area contributed by atoms with E-state index in [1.54, 1.807) is 32.6 Å². The third kappa shape index (κ3) is 2.67. The summed E-state index contributed by atoms with van der Waals surface area (Å²) in [6.45, 7) is 11.6. The molecule has 0 aromatic heterocycles. The number of nitrogens with zero attached hydrogens (tertiary/aromatic N) is 1. The van der Waals surface area contributed by atoms with Crippen molar-refractivity contribution in [1.29, 1.82) is 0 Å². The van der Waals surface area contributed by atoms with E-state index in [4.69, 9.17) is 0 Å². The second-order valence-electron chi connectivity index (χ2n) is 6.95. The number of rotatable bonds is 2. The van der Waals surface area contributed by atoms with Gasteiger partial charge in [-0.3, -0.25) is 9.59 Å². The topological polar surface area (TPSA) is 49.4 Å². The Morgan fingerprint density at radius 1 is 1.05 bits per heavy atom. The van der Waals surface area contributed by atoms with Crippen LogP contribution >= 0.6 is 0 Å². The average Bonchev–Trinajstić information content (AvgIpc) is 2.37. The van der Waals surface area contributed by atoms with Gasteiger partial charge >= 0.3 is 0 Å². The summed E-state index contributed by atoms with van der Waals surface area (Å²) in [7, 11) is 0. The SMILES string of the molecule is Cc1ccc(CN2C(=O)C(C)(C)NC(=O)C2(C)C)cc1C. The van der Waals surface area contributed by atoms with Gasteiger partial charge < -0.3 is 10.2 Å². The molecule has 2 rings (SSSR count). The van der Waals surface area contributed by atoms with E-state index in [2.05, 4.69) is 31.3 Å². The van der Waals surface area contributed by atoms with Gasteiger partial charge in [0.1, 0.15) is 11.1 Å². The largest absolute Gasteiger partial charge is 0.340 e. The number of benzene rings is 1. The lowest BCUT2D eigenvalue weighted by Crippen LogP contribution is -2.71. The molecule has 0 aliphatic carbocycles. The van der Waals surface area contributed by atoms with Gasteiger partial charge in [0.25, 0.3) is 0 Å². The molecular weight excluding hydrogens is 264 g/mol. The number of hydrogen-bond donors (Lipinski definition) is 1. The summed E-state index contributed by atoms with van der Waals surface area (Å²) in [5.74, 6) is -0.165. The fraction of sp³-hybridized carbons (Fsp3) is 0.529. The molecule has 2 amide bonds. The Bertz CT molecular complexity index is 603. The summed E-state index contributed by atoms with van der Waals surface area (Å²) in [6, 6.07) is 6.15. The first-order valence-corrected chi connectivity index (χ1v) is 7.26. The van der Waals surface area contributed by atoms with Crippen LogP contribution < -0.4 is 5.32 Å². The van der Waals surface area contributed by atoms with Gasteiger partial charge in [-0.25, -0.2) is 0 Å². The van der Waals surface area contributed by atoms with Crippen molar-refractivity contribution < 1.29 is 9.59 Å². The van der Waals surface area contributed by atoms with Gasteiger partial charge in [0.05, 0.1) is 0 Å². The normalized spacial score (nSPS) is 20.4. The fourth-order valence-corrected chi connectivity index (χ4v) is 2.56. The van der Waals surface area contributed by atoms with Crippen LogP contribution in [0.5, 0.6) is 0 Å². The maximum atomic E-state index is 12.7. The zero-order chi connectivity index (χ0) is 16.0. The summed E-state index contributed by atoms with van der Waals surface area (Å²) < 4.78 is 0. The van der Waals surface area contributed by atoms with Crippen molar-refractivity contribution in [2.75, 3.05) is 0 Å². The van der Waals surface area contributed by atoms with E-state index in [0.717, 1.165) is 5.56 Å². The third-order valence-electron chi connectivity index (χ3n) is 4.35. The average molecular weight is 288 g/mol. The van der Waals surface area contributed by atoms with Crippen molar-refractivity contribution >= 4 is 11.8 Å². The van der Waals surface area contributed by atoms with Crippen molar-refractivity contribution in [2.24, 2.45) is 0 Å². The zero-order valence-corrected chi connectivity index (χ0v) is 13.7. The Morgan fingerprint density at radius 3 is 2.24 bits per heavy atom. The Labute approximate surface area is 126 Å². The second-order valence-corrected chi connectivity index (χ2v) is 6.95. The van der Waals surface area contributed by atoms with Crippen molar-refractivity contribution in [3.63, 3.8) is 0 Å². The highest BCUT2D eigenvalue weighted by Gasteiger charge is 2.49. The van der Waals surface area contributed by atoms with Crippen molar-refractivity contribution in [2.45, 2.75) is 59.2 Å². The molecule has 0 saturated carbocycles. The number of carbonyl (C=O) groups is 2. The zero-order valence-electron chi connectivity index (χ0n) is 13.7. The maximum absolute atomic E-state index is 12.7. The quantitative estimate of drug-likeness (QED) is 0.908. The van der Waals surface area contributed by atoms with E-state index in [1.807, 2.05) is 6.07 Å². The predicted octanol–water partition coefficient (Wildman–Crippen LogP) is 2.32. The Kier molecular flexibility index (Phi) is 3.60. The standard InChI is InChI=1S/C17H24N2O2/c1-11-7-8-13(9-12(11)2)10-19-15(21)16(3,4)18-14(20)17(19,5)6/h7-9H,10H2,1-6H3,(H,18,20). The summed E-state index contributed by atoms with van der Waals surface area (Å²) in [4.78, 5) is 26.6. The lowest BCUT2D eigenvalue weighted by molar-refractivity contribution is -0.160. The summed E-state index contributed by atoms with van der Waals surface area (Å²) in [6.07, 6.45) is 0. The molecule has 1 aliphatic heterocycles. The Hall–Kier alpha value is -1.84. The first-order chi connectivity index (χ1) is 9.55. The van der Waals surface area contributed by atoms with Gasteiger partial charge in [0.2, 0.25) is 11.8 Å². The van der Waals surface area contributed by atoms with Crippen LogP contribution in [0.2, 0.25) is 0 Å². The van der Waals surface area contributed by atoms with Gasteiger partial charge in [-0.15, -0.1) is 0 Å². The number of hydrogen-bond acceptors (Lipinski definition) is 2.